The number of aromatic nitrogens is 6. The number of primary amides is 1. The number of hydrogen-bond acceptors (Lipinski definition) is 7. The molecule has 5 rings (SSSR count). The Balaban J connectivity index is 1.58. The second-order valence-corrected chi connectivity index (χ2v) is 9.79. The van der Waals surface area contributed by atoms with E-state index in [4.69, 9.17) is 5.73 Å². The van der Waals surface area contributed by atoms with Crippen molar-refractivity contribution in [3.05, 3.63) is 56.9 Å². The van der Waals surface area contributed by atoms with Gasteiger partial charge in [-0.15, -0.1) is 11.3 Å². The molecule has 0 spiro atoms. The maximum Gasteiger partial charge on any atom is 0.433 e. The molecule has 15 heteroatoms. The van der Waals surface area contributed by atoms with Crippen LogP contribution in [0.25, 0.3) is 27.3 Å². The number of halogens is 4. The van der Waals surface area contributed by atoms with E-state index in [0.29, 0.717) is 34.9 Å². The smallest absolute Gasteiger partial charge is 0.365 e. The zero-order chi connectivity index (χ0) is 26.6. The molecule has 0 fully saturated rings. The van der Waals surface area contributed by atoms with Gasteiger partial charge in [-0.3, -0.25) is 14.3 Å². The van der Waals surface area contributed by atoms with Crippen LogP contribution in [0.1, 0.15) is 38.3 Å². The van der Waals surface area contributed by atoms with Gasteiger partial charge in [0.1, 0.15) is 21.1 Å². The van der Waals surface area contributed by atoms with Crippen LogP contribution in [0.5, 0.6) is 0 Å². The first-order chi connectivity index (χ1) is 17.5. The van der Waals surface area contributed by atoms with Crippen molar-refractivity contribution < 1.29 is 22.8 Å². The molecule has 0 aliphatic heterocycles. The average Bonchev–Trinajstić information content (AvgIpc) is 3.53. The summed E-state index contributed by atoms with van der Waals surface area (Å²) in [4.78, 5) is 33.0. The van der Waals surface area contributed by atoms with Crippen molar-refractivity contribution >= 4 is 60.6 Å². The molecular weight excluding hydrogens is 577 g/mol. The Kier molecular flexibility index (Phi) is 5.98. The van der Waals surface area contributed by atoms with E-state index in [-0.39, 0.29) is 32.0 Å². The standard InChI is InChI=1S/C22H16BrF3N8O2S/c1-3-33-8-10(23)16(32-33)12-4-5-28-14-7-11(31-34(12)14)20(36)30-17-15-9(2)6-13(22(24,25)26)29-21(15)37-18(17)19(27)35/h4-8H,3H2,1-2H3,(H2,27,35)(H,30,36). The molecule has 3 N–H and O–H groups in total. The Morgan fingerprint density at radius 1 is 1.24 bits per heavy atom. The Morgan fingerprint density at radius 2 is 2.00 bits per heavy atom. The van der Waals surface area contributed by atoms with E-state index in [2.05, 4.69) is 41.4 Å². The minimum absolute atomic E-state index is 0.0223. The average molecular weight is 593 g/mol. The molecule has 0 aromatic carbocycles. The van der Waals surface area contributed by atoms with Gasteiger partial charge in [0, 0.05) is 30.4 Å². The molecular formula is C22H16BrF3N8O2S. The molecule has 190 valence electrons. The molecule has 0 saturated heterocycles. The minimum atomic E-state index is -4.68. The van der Waals surface area contributed by atoms with Crippen LogP contribution in [0, 0.1) is 6.92 Å². The van der Waals surface area contributed by atoms with E-state index in [1.165, 1.54) is 17.5 Å². The fourth-order valence-corrected chi connectivity index (χ4v) is 5.39. The van der Waals surface area contributed by atoms with E-state index in [9.17, 15) is 22.8 Å². The van der Waals surface area contributed by atoms with Crippen molar-refractivity contribution in [1.82, 2.24) is 29.4 Å². The Bertz CT molecular complexity index is 1720. The van der Waals surface area contributed by atoms with Gasteiger partial charge in [-0.1, -0.05) is 0 Å². The number of amides is 2. The number of nitrogens with one attached hydrogen (secondary N) is 1. The summed E-state index contributed by atoms with van der Waals surface area (Å²) in [5.41, 5.74) is 5.99. The van der Waals surface area contributed by atoms with Gasteiger partial charge in [-0.2, -0.15) is 23.4 Å². The normalized spacial score (nSPS) is 11.9. The molecule has 5 aromatic rings. The Labute approximate surface area is 218 Å². The summed E-state index contributed by atoms with van der Waals surface area (Å²) >= 11 is 4.15. The first kappa shape index (κ1) is 24.8. The van der Waals surface area contributed by atoms with Gasteiger partial charge in [-0.25, -0.2) is 14.5 Å². The quantitative estimate of drug-likeness (QED) is 0.305. The van der Waals surface area contributed by atoms with Crippen LogP contribution in [0.2, 0.25) is 0 Å². The third-order valence-corrected chi connectivity index (χ3v) is 7.16. The molecule has 0 aliphatic rings. The maximum atomic E-state index is 13.3. The molecule has 0 aliphatic carbocycles. The number of carbonyl (C=O) groups excluding carboxylic acids is 2. The molecule has 10 nitrogen and oxygen atoms in total. The molecule has 0 saturated carbocycles. The Morgan fingerprint density at radius 3 is 2.65 bits per heavy atom. The number of carbonyl (C=O) groups is 2. The second kappa shape index (κ2) is 8.92. The molecule has 0 bridgehead atoms. The van der Waals surface area contributed by atoms with Crippen molar-refractivity contribution in [2.75, 3.05) is 5.32 Å². The number of pyridine rings is 1. The van der Waals surface area contributed by atoms with Crippen molar-refractivity contribution in [3.63, 3.8) is 0 Å². The minimum Gasteiger partial charge on any atom is -0.365 e. The van der Waals surface area contributed by atoms with Gasteiger partial charge < -0.3 is 11.1 Å². The lowest BCUT2D eigenvalue weighted by Crippen LogP contribution is -2.17. The molecule has 2 amide bonds. The molecule has 0 unspecified atom stereocenters. The summed E-state index contributed by atoms with van der Waals surface area (Å²) < 4.78 is 43.7. The van der Waals surface area contributed by atoms with Crippen LogP contribution in [0.15, 0.2) is 35.1 Å². The predicted octanol–water partition coefficient (Wildman–Crippen LogP) is 4.66. The van der Waals surface area contributed by atoms with E-state index in [1.807, 2.05) is 13.1 Å². The number of anilines is 1. The largest absolute Gasteiger partial charge is 0.433 e. The van der Waals surface area contributed by atoms with Crippen molar-refractivity contribution in [3.8, 4) is 11.4 Å². The molecule has 0 radical (unpaired) electrons. The van der Waals surface area contributed by atoms with Gasteiger partial charge >= 0.3 is 6.18 Å². The monoisotopic (exact) mass is 592 g/mol. The number of nitrogens with two attached hydrogens (primary N) is 1. The summed E-state index contributed by atoms with van der Waals surface area (Å²) in [5.74, 6) is -1.63. The summed E-state index contributed by atoms with van der Waals surface area (Å²) in [6, 6.07) is 3.98. The van der Waals surface area contributed by atoms with Gasteiger partial charge in [0.05, 0.1) is 15.9 Å². The number of thiophene rings is 1. The van der Waals surface area contributed by atoms with Crippen LogP contribution >= 0.6 is 27.3 Å². The summed E-state index contributed by atoms with van der Waals surface area (Å²) in [6.07, 6.45) is -1.31. The number of alkyl halides is 3. The van der Waals surface area contributed by atoms with E-state index in [0.717, 1.165) is 10.5 Å². The van der Waals surface area contributed by atoms with Gasteiger partial charge in [0.15, 0.2) is 11.3 Å². The topological polar surface area (TPSA) is 133 Å². The first-order valence-corrected chi connectivity index (χ1v) is 12.3. The fraction of sp³-hybridized carbons (Fsp3) is 0.182. The maximum absolute atomic E-state index is 13.3. The predicted molar refractivity (Wildman–Crippen MR) is 133 cm³/mol. The van der Waals surface area contributed by atoms with Crippen molar-refractivity contribution in [2.24, 2.45) is 5.73 Å². The molecule has 5 heterocycles. The van der Waals surface area contributed by atoms with E-state index in [1.54, 1.807) is 16.9 Å². The van der Waals surface area contributed by atoms with Crippen LogP contribution in [0.3, 0.4) is 0 Å². The van der Waals surface area contributed by atoms with Crippen LogP contribution in [-0.2, 0) is 12.7 Å². The summed E-state index contributed by atoms with van der Waals surface area (Å²) in [7, 11) is 0. The lowest BCUT2D eigenvalue weighted by Gasteiger charge is -2.09. The highest BCUT2D eigenvalue weighted by molar-refractivity contribution is 9.10. The third-order valence-electron chi connectivity index (χ3n) is 5.49. The van der Waals surface area contributed by atoms with Gasteiger partial charge in [-0.05, 0) is 47.5 Å². The van der Waals surface area contributed by atoms with Crippen molar-refractivity contribution in [1.29, 1.82) is 0 Å². The number of hydrogen-bond donors (Lipinski definition) is 2. The highest BCUT2D eigenvalue weighted by Crippen LogP contribution is 2.40. The highest BCUT2D eigenvalue weighted by atomic mass is 79.9. The first-order valence-electron chi connectivity index (χ1n) is 10.7. The van der Waals surface area contributed by atoms with E-state index >= 15 is 0 Å². The van der Waals surface area contributed by atoms with Crippen molar-refractivity contribution in [2.45, 2.75) is 26.6 Å². The van der Waals surface area contributed by atoms with Crippen LogP contribution < -0.4 is 11.1 Å². The second-order valence-electron chi connectivity index (χ2n) is 7.94. The molecule has 5 aromatic heterocycles. The number of rotatable bonds is 5. The van der Waals surface area contributed by atoms with Gasteiger partial charge in [0.2, 0.25) is 0 Å². The SMILES string of the molecule is CCn1cc(Br)c(-c2ccnc3cc(C(=O)Nc4c(C(N)=O)sc5nc(C(F)(F)F)cc(C)c45)nn23)n1. The van der Waals surface area contributed by atoms with Crippen LogP contribution in [-0.4, -0.2) is 41.2 Å². The summed E-state index contributed by atoms with van der Waals surface area (Å²) in [5, 5.41) is 11.7. The van der Waals surface area contributed by atoms with Gasteiger partial charge in [0.25, 0.3) is 11.8 Å². The number of nitrogens with zero attached hydrogens (tertiary/aromatic N) is 6. The molecule has 0 atom stereocenters. The number of fused-ring (bicyclic) bond motifs is 2. The van der Waals surface area contributed by atoms with E-state index < -0.39 is 23.7 Å². The summed E-state index contributed by atoms with van der Waals surface area (Å²) in [6.45, 7) is 4.02. The highest BCUT2D eigenvalue weighted by Gasteiger charge is 2.34. The third kappa shape index (κ3) is 4.33. The molecule has 37 heavy (non-hydrogen) atoms. The van der Waals surface area contributed by atoms with Crippen LogP contribution in [0.4, 0.5) is 18.9 Å². The Hall–Kier alpha value is -3.85. The zero-order valence-corrected chi connectivity index (χ0v) is 21.5. The zero-order valence-electron chi connectivity index (χ0n) is 19.1. The number of aryl methyl sites for hydroxylation is 2. The fourth-order valence-electron chi connectivity index (χ4n) is 3.82. The lowest BCUT2D eigenvalue weighted by molar-refractivity contribution is -0.141. The lowest BCUT2D eigenvalue weighted by atomic mass is 10.1.